The molecular weight excluding hydrogens is 219 g/mol. The van der Waals surface area contributed by atoms with Crippen LogP contribution in [0.2, 0.25) is 0 Å². The lowest BCUT2D eigenvalue weighted by molar-refractivity contribution is -0.149. The first kappa shape index (κ1) is 12.8. The van der Waals surface area contributed by atoms with E-state index in [0.717, 1.165) is 5.56 Å². The van der Waals surface area contributed by atoms with E-state index in [4.69, 9.17) is 10.5 Å². The van der Waals surface area contributed by atoms with Crippen LogP contribution in [-0.4, -0.2) is 13.3 Å². The molecule has 0 fully saturated rings. The number of hydrogen-bond donors (Lipinski definition) is 1. The lowest BCUT2D eigenvalue weighted by Gasteiger charge is -2.20. The number of aryl methyl sites for hydroxylation is 1. The van der Waals surface area contributed by atoms with Crippen molar-refractivity contribution in [2.24, 2.45) is 5.73 Å². The Labute approximate surface area is 92.2 Å². The molecule has 0 heterocycles. The summed E-state index contributed by atoms with van der Waals surface area (Å²) in [5.41, 5.74) is 6.68. The van der Waals surface area contributed by atoms with Crippen LogP contribution in [-0.2, 0) is 0 Å². The van der Waals surface area contributed by atoms with Crippen molar-refractivity contribution >= 4 is 0 Å². The molecule has 1 atom stereocenters. The van der Waals surface area contributed by atoms with Gasteiger partial charge in [-0.3, -0.25) is 0 Å². The molecule has 0 aliphatic carbocycles. The predicted molar refractivity (Wildman–Crippen MR) is 55.5 cm³/mol. The minimum atomic E-state index is -4.46. The molecule has 0 aliphatic rings. The molecule has 1 unspecified atom stereocenters. The maximum Gasteiger partial charge on any atom is 0.407 e. The van der Waals surface area contributed by atoms with Gasteiger partial charge in [-0.05, 0) is 25.0 Å². The fraction of sp³-hybridized carbons (Fsp3) is 0.455. The van der Waals surface area contributed by atoms with Gasteiger partial charge >= 0.3 is 6.18 Å². The molecule has 1 aromatic rings. The molecule has 0 spiro atoms. The number of nitrogens with two attached hydrogens (primary N) is 1. The third-order valence-electron chi connectivity index (χ3n) is 2.60. The summed E-state index contributed by atoms with van der Waals surface area (Å²) < 4.78 is 42.5. The highest BCUT2D eigenvalue weighted by molar-refractivity contribution is 5.47. The molecule has 1 aromatic carbocycles. The predicted octanol–water partition coefficient (Wildman–Crippen LogP) is 2.87. The van der Waals surface area contributed by atoms with E-state index in [1.165, 1.54) is 13.2 Å². The topological polar surface area (TPSA) is 35.2 Å². The summed E-state index contributed by atoms with van der Waals surface area (Å²) in [5.74, 6) is 0.213. The first-order valence-corrected chi connectivity index (χ1v) is 4.75. The van der Waals surface area contributed by atoms with E-state index in [1.54, 1.807) is 19.9 Å². The molecule has 1 rings (SSSR count). The van der Waals surface area contributed by atoms with Crippen LogP contribution < -0.4 is 10.5 Å². The molecule has 0 saturated carbocycles. The Hall–Kier alpha value is -1.23. The van der Waals surface area contributed by atoms with Crippen molar-refractivity contribution in [2.45, 2.75) is 26.1 Å². The molecule has 0 radical (unpaired) electrons. The molecule has 0 amide bonds. The lowest BCUT2D eigenvalue weighted by atomic mass is 9.99. The summed E-state index contributed by atoms with van der Waals surface area (Å²) in [7, 11) is 1.34. The van der Waals surface area contributed by atoms with E-state index in [9.17, 15) is 13.2 Å². The highest BCUT2D eigenvalue weighted by atomic mass is 19.4. The van der Waals surface area contributed by atoms with Crippen LogP contribution in [0.25, 0.3) is 0 Å². The van der Waals surface area contributed by atoms with Gasteiger partial charge in [-0.2, -0.15) is 13.2 Å². The van der Waals surface area contributed by atoms with Crippen molar-refractivity contribution < 1.29 is 17.9 Å². The van der Waals surface area contributed by atoms with Crippen molar-refractivity contribution in [1.29, 1.82) is 0 Å². The van der Waals surface area contributed by atoms with Crippen molar-refractivity contribution in [3.63, 3.8) is 0 Å². The molecule has 0 aliphatic heterocycles. The average Bonchev–Trinajstić information content (AvgIpc) is 2.19. The van der Waals surface area contributed by atoms with Gasteiger partial charge < -0.3 is 10.5 Å². The van der Waals surface area contributed by atoms with Crippen LogP contribution in [0.4, 0.5) is 13.2 Å². The molecule has 0 aromatic heterocycles. The Morgan fingerprint density at radius 3 is 2.25 bits per heavy atom. The SMILES string of the molecule is COc1c(C(N)C(F)(F)F)ccc(C)c1C. The van der Waals surface area contributed by atoms with Gasteiger partial charge in [0.15, 0.2) is 0 Å². The van der Waals surface area contributed by atoms with Gasteiger partial charge in [0.1, 0.15) is 11.8 Å². The van der Waals surface area contributed by atoms with Crippen LogP contribution in [0.3, 0.4) is 0 Å². The summed E-state index contributed by atoms with van der Waals surface area (Å²) in [6.07, 6.45) is -4.46. The zero-order chi connectivity index (χ0) is 12.5. The van der Waals surface area contributed by atoms with Crippen LogP contribution >= 0.6 is 0 Å². The van der Waals surface area contributed by atoms with Crippen LogP contribution in [0, 0.1) is 13.8 Å². The number of halogens is 3. The first-order valence-electron chi connectivity index (χ1n) is 4.75. The fourth-order valence-electron chi connectivity index (χ4n) is 1.50. The summed E-state index contributed by atoms with van der Waals surface area (Å²) in [6, 6.07) is 0.958. The second kappa shape index (κ2) is 4.33. The minimum absolute atomic E-state index is 0.0295. The molecule has 16 heavy (non-hydrogen) atoms. The van der Waals surface area contributed by atoms with Crippen LogP contribution in [0.5, 0.6) is 5.75 Å². The summed E-state index contributed by atoms with van der Waals surface area (Å²) in [5, 5.41) is 0. The van der Waals surface area contributed by atoms with Crippen molar-refractivity contribution in [3.05, 3.63) is 28.8 Å². The smallest absolute Gasteiger partial charge is 0.407 e. The Morgan fingerprint density at radius 2 is 1.81 bits per heavy atom. The first-order chi connectivity index (χ1) is 7.29. The Kier molecular flexibility index (Phi) is 3.48. The number of rotatable bonds is 2. The maximum atomic E-state index is 12.5. The second-order valence-electron chi connectivity index (χ2n) is 3.65. The maximum absolute atomic E-state index is 12.5. The van der Waals surface area contributed by atoms with E-state index in [1.807, 2.05) is 0 Å². The molecule has 2 nitrogen and oxygen atoms in total. The Morgan fingerprint density at radius 1 is 1.25 bits per heavy atom. The van der Waals surface area contributed by atoms with E-state index >= 15 is 0 Å². The van der Waals surface area contributed by atoms with Gasteiger partial charge in [-0.1, -0.05) is 12.1 Å². The zero-order valence-electron chi connectivity index (χ0n) is 9.35. The quantitative estimate of drug-likeness (QED) is 0.852. The monoisotopic (exact) mass is 233 g/mol. The van der Waals surface area contributed by atoms with E-state index in [-0.39, 0.29) is 11.3 Å². The minimum Gasteiger partial charge on any atom is -0.496 e. The van der Waals surface area contributed by atoms with Gasteiger partial charge in [-0.15, -0.1) is 0 Å². The third kappa shape index (κ3) is 2.29. The van der Waals surface area contributed by atoms with E-state index in [0.29, 0.717) is 5.56 Å². The van der Waals surface area contributed by atoms with Gasteiger partial charge in [0.25, 0.3) is 0 Å². The van der Waals surface area contributed by atoms with Crippen molar-refractivity contribution in [2.75, 3.05) is 7.11 Å². The van der Waals surface area contributed by atoms with Crippen LogP contribution in [0.1, 0.15) is 22.7 Å². The molecule has 0 bridgehead atoms. The van der Waals surface area contributed by atoms with Gasteiger partial charge in [0, 0.05) is 5.56 Å². The highest BCUT2D eigenvalue weighted by Crippen LogP contribution is 2.37. The zero-order valence-corrected chi connectivity index (χ0v) is 9.35. The summed E-state index contributed by atoms with van der Waals surface area (Å²) in [6.45, 7) is 3.52. The van der Waals surface area contributed by atoms with E-state index < -0.39 is 12.2 Å². The van der Waals surface area contributed by atoms with Crippen molar-refractivity contribution in [1.82, 2.24) is 0 Å². The van der Waals surface area contributed by atoms with Crippen molar-refractivity contribution in [3.8, 4) is 5.75 Å². The van der Waals surface area contributed by atoms with Gasteiger partial charge in [-0.25, -0.2) is 0 Å². The third-order valence-corrected chi connectivity index (χ3v) is 2.60. The summed E-state index contributed by atoms with van der Waals surface area (Å²) >= 11 is 0. The van der Waals surface area contributed by atoms with E-state index in [2.05, 4.69) is 0 Å². The van der Waals surface area contributed by atoms with Gasteiger partial charge in [0.05, 0.1) is 7.11 Å². The fourth-order valence-corrected chi connectivity index (χ4v) is 1.50. The second-order valence-corrected chi connectivity index (χ2v) is 3.65. The number of ether oxygens (including phenoxy) is 1. The highest BCUT2D eigenvalue weighted by Gasteiger charge is 2.39. The number of hydrogen-bond acceptors (Lipinski definition) is 2. The Bertz CT molecular complexity index is 388. The molecular formula is C11H14F3NO. The molecule has 2 N–H and O–H groups in total. The molecule has 90 valence electrons. The normalized spacial score (nSPS) is 13.7. The Balaban J connectivity index is 3.30. The lowest BCUT2D eigenvalue weighted by Crippen LogP contribution is -2.29. The van der Waals surface area contributed by atoms with Crippen LogP contribution in [0.15, 0.2) is 12.1 Å². The largest absolute Gasteiger partial charge is 0.496 e. The average molecular weight is 233 g/mol. The number of methoxy groups -OCH3 is 1. The molecule has 5 heteroatoms. The standard InChI is InChI=1S/C11H14F3NO/c1-6-4-5-8(9(16-3)7(6)2)10(15)11(12,13)14/h4-5,10H,15H2,1-3H3. The summed E-state index contributed by atoms with van der Waals surface area (Å²) in [4.78, 5) is 0. The van der Waals surface area contributed by atoms with Gasteiger partial charge in [0.2, 0.25) is 0 Å². The number of benzene rings is 1. The number of alkyl halides is 3. The molecule has 0 saturated heterocycles.